The number of alkyl halides is 4. The van der Waals surface area contributed by atoms with Crippen LogP contribution in [0, 0.1) is 23.1 Å². The molecule has 1 aromatic rings. The molecule has 0 radical (unpaired) electrons. The van der Waals surface area contributed by atoms with Crippen LogP contribution in [0.3, 0.4) is 0 Å². The SMILES string of the molecule is N#CC1(NC(O)C(CC(F)(F)CC2CC2)NCC(F)(F)Oc2ccc(F)cc2)CC1. The third-order valence-electron chi connectivity index (χ3n) is 5.22. The molecule has 0 aromatic heterocycles. The number of nitrogens with one attached hydrogen (secondary N) is 2. The topological polar surface area (TPSA) is 77.3 Å². The number of aliphatic hydroxyl groups excluding tert-OH is 1. The van der Waals surface area contributed by atoms with Crippen molar-refractivity contribution in [3.8, 4) is 11.8 Å². The number of halogens is 5. The van der Waals surface area contributed by atoms with E-state index in [-0.39, 0.29) is 18.1 Å². The van der Waals surface area contributed by atoms with Gasteiger partial charge in [-0.3, -0.25) is 5.32 Å². The van der Waals surface area contributed by atoms with Crippen molar-refractivity contribution in [3.05, 3.63) is 30.1 Å². The van der Waals surface area contributed by atoms with E-state index in [1.807, 2.05) is 6.07 Å². The summed E-state index contributed by atoms with van der Waals surface area (Å²) in [6.07, 6.45) is -4.38. The van der Waals surface area contributed by atoms with Gasteiger partial charge in [-0.25, -0.2) is 13.2 Å². The number of aliphatic hydroxyl groups is 1. The number of nitriles is 1. The maximum Gasteiger partial charge on any atom is 0.410 e. The fraction of sp³-hybridized carbons (Fsp3) is 0.650. The van der Waals surface area contributed by atoms with E-state index in [9.17, 15) is 27.1 Å². The molecule has 0 spiro atoms. The minimum Gasteiger partial charge on any atom is -0.432 e. The van der Waals surface area contributed by atoms with Gasteiger partial charge in [0.15, 0.2) is 0 Å². The van der Waals surface area contributed by atoms with Gasteiger partial charge in [0.1, 0.15) is 29.9 Å². The number of ether oxygens (including phenoxy) is 1. The molecule has 0 bridgehead atoms. The normalized spacial score (nSPS) is 20.3. The highest BCUT2D eigenvalue weighted by atomic mass is 19.3. The van der Waals surface area contributed by atoms with Gasteiger partial charge in [-0.05, 0) is 55.9 Å². The average Bonchev–Trinajstić information content (AvgIpc) is 3.58. The maximum atomic E-state index is 14.4. The monoisotopic (exact) mass is 433 g/mol. The van der Waals surface area contributed by atoms with Gasteiger partial charge in [0.25, 0.3) is 0 Å². The molecular weight excluding hydrogens is 409 g/mol. The summed E-state index contributed by atoms with van der Waals surface area (Å²) in [6, 6.07) is 4.46. The molecule has 0 heterocycles. The fourth-order valence-electron chi connectivity index (χ4n) is 3.20. The summed E-state index contributed by atoms with van der Waals surface area (Å²) < 4.78 is 74.5. The number of hydrogen-bond acceptors (Lipinski definition) is 5. The second-order valence-corrected chi connectivity index (χ2v) is 8.17. The molecule has 3 rings (SSSR count). The minimum absolute atomic E-state index is 0.0946. The zero-order valence-corrected chi connectivity index (χ0v) is 16.2. The Morgan fingerprint density at radius 3 is 2.37 bits per heavy atom. The fourth-order valence-corrected chi connectivity index (χ4v) is 3.20. The summed E-state index contributed by atoms with van der Waals surface area (Å²) in [5, 5.41) is 24.3. The standard InChI is InChI=1S/C20H24F5N3O2/c21-14-3-5-15(6-4-14)30-20(24,25)12-27-16(10-19(22,23)9-13-1-2-13)17(29)28-18(11-26)7-8-18/h3-6,13,16-17,27-29H,1-2,7-10,12H2. The van der Waals surface area contributed by atoms with Crippen molar-refractivity contribution in [1.29, 1.82) is 5.26 Å². The van der Waals surface area contributed by atoms with Crippen LogP contribution in [0.1, 0.15) is 38.5 Å². The van der Waals surface area contributed by atoms with Crippen molar-refractivity contribution < 1.29 is 31.8 Å². The van der Waals surface area contributed by atoms with E-state index in [0.29, 0.717) is 25.7 Å². The number of hydrogen-bond donors (Lipinski definition) is 3. The van der Waals surface area contributed by atoms with Crippen LogP contribution in [0.4, 0.5) is 22.0 Å². The van der Waals surface area contributed by atoms with Crippen molar-refractivity contribution in [2.24, 2.45) is 5.92 Å². The Morgan fingerprint density at radius 1 is 1.20 bits per heavy atom. The molecule has 2 aliphatic rings. The van der Waals surface area contributed by atoms with Crippen molar-refractivity contribution >= 4 is 0 Å². The molecule has 1 aromatic carbocycles. The lowest BCUT2D eigenvalue weighted by atomic mass is 10.0. The zero-order valence-electron chi connectivity index (χ0n) is 16.2. The molecule has 2 unspecified atom stereocenters. The Labute approximate surface area is 171 Å². The first-order valence-corrected chi connectivity index (χ1v) is 9.82. The second-order valence-electron chi connectivity index (χ2n) is 8.17. The number of benzene rings is 1. The maximum absolute atomic E-state index is 14.4. The minimum atomic E-state index is -3.80. The van der Waals surface area contributed by atoms with Crippen molar-refractivity contribution in [1.82, 2.24) is 10.6 Å². The highest BCUT2D eigenvalue weighted by molar-refractivity contribution is 5.22. The van der Waals surface area contributed by atoms with E-state index < -0.39 is 48.6 Å². The quantitative estimate of drug-likeness (QED) is 0.347. The largest absolute Gasteiger partial charge is 0.432 e. The lowest BCUT2D eigenvalue weighted by molar-refractivity contribution is -0.175. The van der Waals surface area contributed by atoms with E-state index >= 15 is 0 Å². The van der Waals surface area contributed by atoms with Gasteiger partial charge < -0.3 is 15.2 Å². The molecule has 30 heavy (non-hydrogen) atoms. The van der Waals surface area contributed by atoms with Gasteiger partial charge in [0.05, 0.1) is 12.1 Å². The molecule has 2 atom stereocenters. The van der Waals surface area contributed by atoms with Gasteiger partial charge in [0, 0.05) is 12.8 Å². The highest BCUT2D eigenvalue weighted by Gasteiger charge is 2.48. The molecule has 0 amide bonds. The van der Waals surface area contributed by atoms with Crippen LogP contribution in [0.15, 0.2) is 24.3 Å². The average molecular weight is 433 g/mol. The van der Waals surface area contributed by atoms with E-state index in [0.717, 1.165) is 24.3 Å². The lowest BCUT2D eigenvalue weighted by Gasteiger charge is -2.31. The molecule has 2 aliphatic carbocycles. The Balaban J connectivity index is 1.62. The van der Waals surface area contributed by atoms with E-state index in [4.69, 9.17) is 5.26 Å². The van der Waals surface area contributed by atoms with Crippen LogP contribution in [0.2, 0.25) is 0 Å². The van der Waals surface area contributed by atoms with Gasteiger partial charge in [-0.15, -0.1) is 0 Å². The summed E-state index contributed by atoms with van der Waals surface area (Å²) in [6.45, 7) is -1.16. The number of rotatable bonds is 12. The zero-order chi connectivity index (χ0) is 22.0. The van der Waals surface area contributed by atoms with Gasteiger partial charge in [0.2, 0.25) is 5.92 Å². The Morgan fingerprint density at radius 2 is 1.83 bits per heavy atom. The molecule has 0 saturated heterocycles. The van der Waals surface area contributed by atoms with Crippen LogP contribution in [0.5, 0.6) is 5.75 Å². The van der Waals surface area contributed by atoms with Crippen LogP contribution >= 0.6 is 0 Å². The van der Waals surface area contributed by atoms with E-state index in [1.165, 1.54) is 0 Å². The summed E-state index contributed by atoms with van der Waals surface area (Å²) in [5.74, 6) is -4.16. The van der Waals surface area contributed by atoms with Gasteiger partial charge in [-0.2, -0.15) is 14.0 Å². The molecule has 166 valence electrons. The molecule has 5 nitrogen and oxygen atoms in total. The smallest absolute Gasteiger partial charge is 0.410 e. The van der Waals surface area contributed by atoms with E-state index in [1.54, 1.807) is 0 Å². The predicted octanol–water partition coefficient (Wildman–Crippen LogP) is 3.55. The third-order valence-corrected chi connectivity index (χ3v) is 5.22. The first-order chi connectivity index (χ1) is 14.0. The second kappa shape index (κ2) is 8.65. The molecule has 10 heteroatoms. The molecule has 0 aliphatic heterocycles. The van der Waals surface area contributed by atoms with Crippen molar-refractivity contribution in [3.63, 3.8) is 0 Å². The number of nitrogens with zero attached hydrogens (tertiary/aromatic N) is 1. The lowest BCUT2D eigenvalue weighted by Crippen LogP contribution is -2.56. The van der Waals surface area contributed by atoms with Crippen LogP contribution in [-0.4, -0.2) is 41.5 Å². The summed E-state index contributed by atoms with van der Waals surface area (Å²) in [4.78, 5) is 0. The van der Waals surface area contributed by atoms with Gasteiger partial charge >= 0.3 is 6.11 Å². The predicted molar refractivity (Wildman–Crippen MR) is 97.4 cm³/mol. The Bertz CT molecular complexity index is 761. The third kappa shape index (κ3) is 6.79. The van der Waals surface area contributed by atoms with Crippen molar-refractivity contribution in [2.45, 2.75) is 68.4 Å². The van der Waals surface area contributed by atoms with Crippen LogP contribution in [-0.2, 0) is 0 Å². The molecule has 2 fully saturated rings. The van der Waals surface area contributed by atoms with Gasteiger partial charge in [-0.1, -0.05) is 0 Å². The van der Waals surface area contributed by atoms with Crippen LogP contribution < -0.4 is 15.4 Å². The Hall–Kier alpha value is -1.96. The molecule has 2 saturated carbocycles. The Kier molecular flexibility index (Phi) is 6.55. The first-order valence-electron chi connectivity index (χ1n) is 9.82. The molecular formula is C20H24F5N3O2. The summed E-state index contributed by atoms with van der Waals surface area (Å²) in [5.41, 5.74) is -1.02. The first kappa shape index (κ1) is 22.7. The molecule has 3 N–H and O–H groups in total. The van der Waals surface area contributed by atoms with E-state index in [2.05, 4.69) is 15.4 Å². The summed E-state index contributed by atoms with van der Waals surface area (Å²) in [7, 11) is 0. The van der Waals surface area contributed by atoms with Crippen LogP contribution in [0.25, 0.3) is 0 Å². The highest BCUT2D eigenvalue weighted by Crippen LogP contribution is 2.41. The summed E-state index contributed by atoms with van der Waals surface area (Å²) >= 11 is 0. The van der Waals surface area contributed by atoms with Crippen molar-refractivity contribution in [2.75, 3.05) is 6.54 Å².